The molecule has 0 unspecified atom stereocenters. The number of nitrogens with zero attached hydrogens (tertiary/aromatic N) is 1. The molecule has 0 aliphatic heterocycles. The molecule has 2 N–H and O–H groups in total. The summed E-state index contributed by atoms with van der Waals surface area (Å²) >= 11 is 8.96. The van der Waals surface area contributed by atoms with Gasteiger partial charge < -0.3 is 15.0 Å². The maximum absolute atomic E-state index is 12.9. The van der Waals surface area contributed by atoms with Crippen LogP contribution in [-0.4, -0.2) is 37.1 Å². The highest BCUT2D eigenvalue weighted by atomic mass is 79.9. The van der Waals surface area contributed by atoms with Crippen LogP contribution in [0.5, 0.6) is 5.75 Å². The lowest BCUT2D eigenvalue weighted by atomic mass is 10.1. The first-order valence-corrected chi connectivity index (χ1v) is 13.0. The smallest absolute Gasteiger partial charge is 0.257 e. The number of rotatable bonds is 10. The molecule has 0 spiro atoms. The summed E-state index contributed by atoms with van der Waals surface area (Å²) in [5.41, 5.74) is 2.66. The van der Waals surface area contributed by atoms with E-state index in [1.807, 2.05) is 36.4 Å². The topological polar surface area (TPSA) is 70.7 Å². The van der Waals surface area contributed by atoms with Gasteiger partial charge in [-0.15, -0.1) is 0 Å². The highest BCUT2D eigenvalue weighted by Crippen LogP contribution is 2.26. The molecule has 6 nitrogen and oxygen atoms in total. The molecule has 0 heterocycles. The zero-order valence-corrected chi connectivity index (χ0v) is 22.8. The Morgan fingerprint density at radius 1 is 1.00 bits per heavy atom. The van der Waals surface area contributed by atoms with Gasteiger partial charge in [-0.1, -0.05) is 55.8 Å². The summed E-state index contributed by atoms with van der Waals surface area (Å²) in [6, 6.07) is 22.3. The average Bonchev–Trinajstić information content (AvgIpc) is 2.89. The van der Waals surface area contributed by atoms with E-state index in [9.17, 15) is 9.59 Å². The summed E-state index contributed by atoms with van der Waals surface area (Å²) in [4.78, 5) is 27.4. The number of unbranched alkanes of at least 4 members (excludes halogenated alkanes) is 1. The van der Waals surface area contributed by atoms with Crippen molar-refractivity contribution in [2.75, 3.05) is 25.1 Å². The van der Waals surface area contributed by atoms with Gasteiger partial charge in [0, 0.05) is 19.2 Å². The molecule has 2 amide bonds. The summed E-state index contributed by atoms with van der Waals surface area (Å²) in [6.07, 6.45) is 2.74. The number of carbonyl (C=O) groups excluding carboxylic acids is 2. The molecule has 0 aliphatic rings. The van der Waals surface area contributed by atoms with E-state index in [1.165, 1.54) is 0 Å². The molecule has 0 bridgehead atoms. The Morgan fingerprint density at radius 2 is 1.72 bits per heavy atom. The summed E-state index contributed by atoms with van der Waals surface area (Å²) in [5, 5.41) is 5.90. The van der Waals surface area contributed by atoms with Crippen molar-refractivity contribution in [3.8, 4) is 5.75 Å². The number of amides is 2. The van der Waals surface area contributed by atoms with Crippen LogP contribution in [0.4, 0.5) is 5.69 Å². The molecule has 0 saturated heterocycles. The minimum absolute atomic E-state index is 0.184. The molecule has 0 fully saturated rings. The van der Waals surface area contributed by atoms with Gasteiger partial charge in [-0.2, -0.15) is 0 Å². The van der Waals surface area contributed by atoms with E-state index in [0.29, 0.717) is 40.2 Å². The molecule has 0 saturated carbocycles. The van der Waals surface area contributed by atoms with Crippen molar-refractivity contribution >= 4 is 50.8 Å². The fraction of sp³-hybridized carbons (Fsp3) is 0.250. The molecule has 0 atom stereocenters. The summed E-state index contributed by atoms with van der Waals surface area (Å²) in [5.74, 6) is 0.134. The Kier molecular flexibility index (Phi) is 10.5. The second kappa shape index (κ2) is 13.8. The molecular formula is C28H30BrN3O3S. The van der Waals surface area contributed by atoms with Crippen LogP contribution in [-0.2, 0) is 6.42 Å². The second-order valence-corrected chi connectivity index (χ2v) is 9.42. The zero-order chi connectivity index (χ0) is 25.9. The summed E-state index contributed by atoms with van der Waals surface area (Å²) in [7, 11) is 1.72. The van der Waals surface area contributed by atoms with Gasteiger partial charge in [0.1, 0.15) is 5.75 Å². The molecule has 0 aliphatic carbocycles. The maximum Gasteiger partial charge on any atom is 0.257 e. The Bertz CT molecular complexity index is 1200. The van der Waals surface area contributed by atoms with E-state index < -0.39 is 0 Å². The van der Waals surface area contributed by atoms with Gasteiger partial charge in [0.15, 0.2) is 5.11 Å². The van der Waals surface area contributed by atoms with Crippen molar-refractivity contribution < 1.29 is 14.3 Å². The number of hydrogen-bond acceptors (Lipinski definition) is 4. The fourth-order valence-electron chi connectivity index (χ4n) is 3.47. The van der Waals surface area contributed by atoms with Crippen LogP contribution >= 0.6 is 28.1 Å². The van der Waals surface area contributed by atoms with Crippen LogP contribution in [0.3, 0.4) is 0 Å². The molecule has 0 aromatic heterocycles. The van der Waals surface area contributed by atoms with E-state index in [2.05, 4.69) is 33.5 Å². The first-order chi connectivity index (χ1) is 17.4. The number of anilines is 1. The number of nitrogens with one attached hydrogen (secondary N) is 2. The minimum atomic E-state index is -0.350. The van der Waals surface area contributed by atoms with Gasteiger partial charge in [0.05, 0.1) is 22.3 Å². The summed E-state index contributed by atoms with van der Waals surface area (Å²) in [6.45, 7) is 3.23. The molecular weight excluding hydrogens is 538 g/mol. The largest absolute Gasteiger partial charge is 0.492 e. The lowest BCUT2D eigenvalue weighted by molar-refractivity contribution is 0.0952. The van der Waals surface area contributed by atoms with Crippen molar-refractivity contribution in [1.82, 2.24) is 10.6 Å². The van der Waals surface area contributed by atoms with Gasteiger partial charge in [0.2, 0.25) is 0 Å². The normalized spacial score (nSPS) is 10.4. The van der Waals surface area contributed by atoms with Crippen LogP contribution in [0.25, 0.3) is 0 Å². The molecule has 3 aromatic rings. The fourth-order valence-corrected chi connectivity index (χ4v) is 4.15. The molecule has 36 heavy (non-hydrogen) atoms. The SMILES string of the molecule is CCCCOc1ccc(C(=O)NC(=S)N(C)c2ccccc2C(=O)NCCc2ccccc2)cc1Br. The third-order valence-electron chi connectivity index (χ3n) is 5.53. The number of carbonyl (C=O) groups is 2. The first kappa shape index (κ1) is 27.4. The van der Waals surface area contributed by atoms with Crippen molar-refractivity contribution in [2.45, 2.75) is 26.2 Å². The highest BCUT2D eigenvalue weighted by Gasteiger charge is 2.18. The Hall–Kier alpha value is -3.23. The third kappa shape index (κ3) is 7.63. The van der Waals surface area contributed by atoms with Gasteiger partial charge in [0.25, 0.3) is 11.8 Å². The number of benzene rings is 3. The lowest BCUT2D eigenvalue weighted by Crippen LogP contribution is -2.41. The zero-order valence-electron chi connectivity index (χ0n) is 20.4. The Labute approximate surface area is 226 Å². The van der Waals surface area contributed by atoms with Crippen LogP contribution in [0.1, 0.15) is 46.0 Å². The van der Waals surface area contributed by atoms with Gasteiger partial charge in [-0.05, 0) is 76.9 Å². The van der Waals surface area contributed by atoms with Crippen LogP contribution in [0, 0.1) is 0 Å². The molecule has 0 radical (unpaired) electrons. The van der Waals surface area contributed by atoms with E-state index in [1.54, 1.807) is 48.3 Å². The number of para-hydroxylation sites is 1. The monoisotopic (exact) mass is 567 g/mol. The van der Waals surface area contributed by atoms with Crippen molar-refractivity contribution in [3.63, 3.8) is 0 Å². The minimum Gasteiger partial charge on any atom is -0.492 e. The van der Waals surface area contributed by atoms with E-state index >= 15 is 0 Å². The molecule has 3 aromatic carbocycles. The van der Waals surface area contributed by atoms with E-state index in [4.69, 9.17) is 17.0 Å². The van der Waals surface area contributed by atoms with Crippen LogP contribution in [0.15, 0.2) is 77.3 Å². The molecule has 188 valence electrons. The number of thiocarbonyl (C=S) groups is 1. The maximum atomic E-state index is 12.9. The number of hydrogen-bond donors (Lipinski definition) is 2. The second-order valence-electron chi connectivity index (χ2n) is 8.17. The highest BCUT2D eigenvalue weighted by molar-refractivity contribution is 9.10. The summed E-state index contributed by atoms with van der Waals surface area (Å²) < 4.78 is 6.42. The molecule has 3 rings (SSSR count). The lowest BCUT2D eigenvalue weighted by Gasteiger charge is -2.23. The average molecular weight is 569 g/mol. The predicted octanol–water partition coefficient (Wildman–Crippen LogP) is 5.75. The Balaban J connectivity index is 1.62. The quantitative estimate of drug-likeness (QED) is 0.241. The van der Waals surface area contributed by atoms with Gasteiger partial charge in [-0.25, -0.2) is 0 Å². The van der Waals surface area contributed by atoms with Crippen molar-refractivity contribution in [1.29, 1.82) is 0 Å². The standard InChI is InChI=1S/C28H30BrN3O3S/c1-3-4-18-35-25-15-14-21(19-23(25)29)26(33)31-28(36)32(2)24-13-9-8-12-22(24)27(34)30-17-16-20-10-6-5-7-11-20/h5-15,19H,3-4,16-18H2,1-2H3,(H,30,34)(H,31,33,36). The van der Waals surface area contributed by atoms with E-state index in [0.717, 1.165) is 24.8 Å². The predicted molar refractivity (Wildman–Crippen MR) is 152 cm³/mol. The van der Waals surface area contributed by atoms with E-state index in [-0.39, 0.29) is 16.9 Å². The Morgan fingerprint density at radius 3 is 2.44 bits per heavy atom. The molecule has 8 heteroatoms. The third-order valence-corrected chi connectivity index (χ3v) is 6.52. The van der Waals surface area contributed by atoms with Crippen LogP contribution < -0.4 is 20.3 Å². The number of ether oxygens (including phenoxy) is 1. The first-order valence-electron chi connectivity index (χ1n) is 11.8. The van der Waals surface area contributed by atoms with Gasteiger partial charge >= 0.3 is 0 Å². The van der Waals surface area contributed by atoms with Crippen molar-refractivity contribution in [2.24, 2.45) is 0 Å². The van der Waals surface area contributed by atoms with Crippen LogP contribution in [0.2, 0.25) is 0 Å². The van der Waals surface area contributed by atoms with Crippen molar-refractivity contribution in [3.05, 3.63) is 94.0 Å². The number of halogens is 1. The van der Waals surface area contributed by atoms with Gasteiger partial charge in [-0.3, -0.25) is 14.9 Å².